The number of anilines is 1. The maximum atomic E-state index is 13.2. The zero-order valence-electron chi connectivity index (χ0n) is 19.1. The van der Waals surface area contributed by atoms with Crippen molar-refractivity contribution in [3.8, 4) is 5.88 Å². The maximum absolute atomic E-state index is 13.2. The monoisotopic (exact) mass is 541 g/mol. The average Bonchev–Trinajstić information content (AvgIpc) is 2.82. The van der Waals surface area contributed by atoms with Gasteiger partial charge in [-0.3, -0.25) is 4.57 Å². The minimum Gasteiger partial charge on any atom is -0.387 e. The summed E-state index contributed by atoms with van der Waals surface area (Å²) >= 11 is 0. The number of alkyl halides is 3. The van der Waals surface area contributed by atoms with Gasteiger partial charge >= 0.3 is 21.3 Å². The van der Waals surface area contributed by atoms with Gasteiger partial charge in [-0.05, 0) is 35.8 Å². The summed E-state index contributed by atoms with van der Waals surface area (Å²) in [6, 6.07) is 7.88. The molecular formula is C22H19F4N5O5S. The first-order valence-electron chi connectivity index (χ1n) is 10.6. The molecule has 0 bridgehead atoms. The van der Waals surface area contributed by atoms with Gasteiger partial charge in [-0.25, -0.2) is 14.2 Å². The molecule has 0 radical (unpaired) electrons. The van der Waals surface area contributed by atoms with Crippen molar-refractivity contribution in [2.24, 2.45) is 0 Å². The van der Waals surface area contributed by atoms with Crippen LogP contribution in [-0.4, -0.2) is 57.7 Å². The van der Waals surface area contributed by atoms with Gasteiger partial charge in [-0.1, -0.05) is 24.3 Å². The summed E-state index contributed by atoms with van der Waals surface area (Å²) in [4.78, 5) is 26.1. The number of hydrogen-bond donors (Lipinski definition) is 1. The Labute approximate surface area is 207 Å². The quantitative estimate of drug-likeness (QED) is 0.283. The molecule has 37 heavy (non-hydrogen) atoms. The molecule has 2 aromatic heterocycles. The summed E-state index contributed by atoms with van der Waals surface area (Å²) in [5.74, 6) is -0.826. The molecule has 196 valence electrons. The standard InChI is InChI=1S/C22H19F4N5O5S/c1-13-28-20(30-9-8-17(18(32)12-30)15-3-5-16(23)6-4-15)29-21(33)31(13)11-14-2-7-19(27-10-14)36-37(34,35)22(24,25)26/h2-8,10,18,32H,9,11-12H2,1H3/t18-/m0/s1. The van der Waals surface area contributed by atoms with E-state index in [0.717, 1.165) is 12.3 Å². The number of aromatic nitrogens is 4. The van der Waals surface area contributed by atoms with Gasteiger partial charge in [-0.15, -0.1) is 0 Å². The second-order valence-electron chi connectivity index (χ2n) is 8.01. The lowest BCUT2D eigenvalue weighted by molar-refractivity contribution is -0.0501. The molecule has 3 aromatic rings. The smallest absolute Gasteiger partial charge is 0.387 e. The molecule has 4 rings (SSSR count). The van der Waals surface area contributed by atoms with Crippen LogP contribution in [0.25, 0.3) is 5.57 Å². The summed E-state index contributed by atoms with van der Waals surface area (Å²) < 4.78 is 77.8. The number of halogens is 4. The topological polar surface area (TPSA) is 128 Å². The van der Waals surface area contributed by atoms with Crippen molar-refractivity contribution in [1.29, 1.82) is 0 Å². The van der Waals surface area contributed by atoms with Crippen LogP contribution in [0.4, 0.5) is 23.5 Å². The molecule has 0 spiro atoms. The minimum absolute atomic E-state index is 0.0893. The summed E-state index contributed by atoms with van der Waals surface area (Å²) in [6.45, 7) is 1.84. The lowest BCUT2D eigenvalue weighted by Crippen LogP contribution is -2.40. The number of rotatable bonds is 6. The molecule has 0 saturated heterocycles. The lowest BCUT2D eigenvalue weighted by Gasteiger charge is -2.30. The third kappa shape index (κ3) is 5.77. The van der Waals surface area contributed by atoms with Crippen molar-refractivity contribution in [2.75, 3.05) is 18.0 Å². The first-order valence-corrected chi connectivity index (χ1v) is 12.0. The Kier molecular flexibility index (Phi) is 7.01. The van der Waals surface area contributed by atoms with Crippen molar-refractivity contribution in [1.82, 2.24) is 19.5 Å². The number of aryl methyl sites for hydroxylation is 1. The van der Waals surface area contributed by atoms with Gasteiger partial charge in [0.05, 0.1) is 19.2 Å². The molecule has 3 heterocycles. The van der Waals surface area contributed by atoms with E-state index >= 15 is 0 Å². The van der Waals surface area contributed by atoms with E-state index in [4.69, 9.17) is 0 Å². The molecule has 0 aliphatic carbocycles. The maximum Gasteiger partial charge on any atom is 0.534 e. The van der Waals surface area contributed by atoms with Crippen LogP contribution in [0.3, 0.4) is 0 Å². The molecule has 1 aliphatic heterocycles. The molecule has 15 heteroatoms. The number of aliphatic hydroxyl groups is 1. The first-order chi connectivity index (χ1) is 17.3. The fourth-order valence-electron chi connectivity index (χ4n) is 3.58. The van der Waals surface area contributed by atoms with E-state index in [9.17, 15) is 35.9 Å². The predicted octanol–water partition coefficient (Wildman–Crippen LogP) is 2.02. The predicted molar refractivity (Wildman–Crippen MR) is 123 cm³/mol. The van der Waals surface area contributed by atoms with Gasteiger partial charge in [0, 0.05) is 18.8 Å². The van der Waals surface area contributed by atoms with E-state index in [-0.39, 0.29) is 24.9 Å². The SMILES string of the molecule is Cc1nc(N2CC=C(c3ccc(F)cc3)[C@@H](O)C2)nc(=O)n1Cc1ccc(OS(=O)(=O)C(F)(F)F)nc1. The number of aliphatic hydroxyl groups excluding tert-OH is 1. The fourth-order valence-corrected chi connectivity index (χ4v) is 3.99. The molecule has 0 fully saturated rings. The second-order valence-corrected chi connectivity index (χ2v) is 9.55. The highest BCUT2D eigenvalue weighted by Crippen LogP contribution is 2.26. The van der Waals surface area contributed by atoms with Gasteiger partial charge in [0.1, 0.15) is 11.6 Å². The molecule has 1 N–H and O–H groups in total. The lowest BCUT2D eigenvalue weighted by atomic mass is 9.97. The van der Waals surface area contributed by atoms with Gasteiger partial charge in [0.15, 0.2) is 0 Å². The Morgan fingerprint density at radius 3 is 2.41 bits per heavy atom. The van der Waals surface area contributed by atoms with Crippen molar-refractivity contribution < 1.29 is 35.3 Å². The molecule has 0 unspecified atom stereocenters. The summed E-state index contributed by atoms with van der Waals surface area (Å²) in [5.41, 5.74) is -4.64. The average molecular weight is 541 g/mol. The summed E-state index contributed by atoms with van der Waals surface area (Å²) in [7, 11) is -5.86. The van der Waals surface area contributed by atoms with Crippen LogP contribution in [0.2, 0.25) is 0 Å². The summed E-state index contributed by atoms with van der Waals surface area (Å²) in [6.07, 6.45) is 1.86. The Hall–Kier alpha value is -3.85. The fraction of sp³-hybridized carbons (Fsp3) is 0.273. The van der Waals surface area contributed by atoms with E-state index in [1.165, 1.54) is 22.8 Å². The van der Waals surface area contributed by atoms with E-state index in [0.29, 0.717) is 23.2 Å². The van der Waals surface area contributed by atoms with Crippen molar-refractivity contribution >= 4 is 21.6 Å². The van der Waals surface area contributed by atoms with E-state index in [2.05, 4.69) is 19.1 Å². The number of nitrogens with zero attached hydrogens (tertiary/aromatic N) is 5. The third-order valence-corrected chi connectivity index (χ3v) is 6.40. The number of hydrogen-bond acceptors (Lipinski definition) is 9. The van der Waals surface area contributed by atoms with Gasteiger partial charge in [0.2, 0.25) is 11.8 Å². The van der Waals surface area contributed by atoms with Crippen LogP contribution >= 0.6 is 0 Å². The Morgan fingerprint density at radius 2 is 1.84 bits per heavy atom. The minimum atomic E-state index is -5.86. The molecule has 1 aromatic carbocycles. The van der Waals surface area contributed by atoms with Crippen LogP contribution < -0.4 is 14.8 Å². The number of benzene rings is 1. The molecule has 1 atom stereocenters. The number of β-amino-alcohol motifs (C(OH)–C–C–N with tert-alkyl or cyclic N) is 1. The van der Waals surface area contributed by atoms with Crippen molar-refractivity contribution in [2.45, 2.75) is 25.1 Å². The molecule has 0 saturated carbocycles. The Morgan fingerprint density at radius 1 is 1.14 bits per heavy atom. The Bertz CT molecular complexity index is 1490. The highest BCUT2D eigenvalue weighted by molar-refractivity contribution is 7.87. The van der Waals surface area contributed by atoms with Crippen LogP contribution in [-0.2, 0) is 16.7 Å². The molecule has 0 amide bonds. The van der Waals surface area contributed by atoms with Gasteiger partial charge in [0.25, 0.3) is 0 Å². The van der Waals surface area contributed by atoms with E-state index in [1.54, 1.807) is 30.0 Å². The zero-order chi connectivity index (χ0) is 27.0. The van der Waals surface area contributed by atoms with E-state index in [1.807, 2.05) is 0 Å². The van der Waals surface area contributed by atoms with Crippen LogP contribution in [0.1, 0.15) is 17.0 Å². The molecule has 10 nitrogen and oxygen atoms in total. The highest BCUT2D eigenvalue weighted by Gasteiger charge is 2.48. The Balaban J connectivity index is 1.48. The summed E-state index contributed by atoms with van der Waals surface area (Å²) in [5, 5.41) is 10.6. The van der Waals surface area contributed by atoms with Crippen LogP contribution in [0.15, 0.2) is 53.5 Å². The van der Waals surface area contributed by atoms with Crippen LogP contribution in [0, 0.1) is 12.7 Å². The molecular weight excluding hydrogens is 522 g/mol. The normalized spacial score (nSPS) is 16.4. The van der Waals surface area contributed by atoms with Crippen LogP contribution in [0.5, 0.6) is 5.88 Å². The first kappa shape index (κ1) is 26.2. The van der Waals surface area contributed by atoms with Crippen molar-refractivity contribution in [3.63, 3.8) is 0 Å². The number of pyridine rings is 1. The third-order valence-electron chi connectivity index (χ3n) is 5.44. The van der Waals surface area contributed by atoms with Gasteiger partial charge in [-0.2, -0.15) is 31.6 Å². The van der Waals surface area contributed by atoms with Gasteiger partial charge < -0.3 is 14.2 Å². The largest absolute Gasteiger partial charge is 0.534 e. The van der Waals surface area contributed by atoms with Crippen molar-refractivity contribution in [3.05, 3.63) is 81.9 Å². The van der Waals surface area contributed by atoms with E-state index < -0.39 is 39.1 Å². The molecule has 1 aliphatic rings. The second kappa shape index (κ2) is 9.89. The zero-order valence-corrected chi connectivity index (χ0v) is 19.9. The highest BCUT2D eigenvalue weighted by atomic mass is 32.2.